The molecule has 0 atom stereocenters. The maximum absolute atomic E-state index is 4.80. The van der Waals surface area contributed by atoms with Gasteiger partial charge in [0.15, 0.2) is 5.13 Å². The summed E-state index contributed by atoms with van der Waals surface area (Å²) in [4.78, 5) is 8.71. The Morgan fingerprint density at radius 3 is 2.89 bits per heavy atom. The first-order valence-electron chi connectivity index (χ1n) is 6.63. The van der Waals surface area contributed by atoms with Crippen LogP contribution in [0.5, 0.6) is 0 Å². The first-order chi connectivity index (χ1) is 8.90. The number of aromatic nitrogens is 3. The number of thiazole rings is 1. The van der Waals surface area contributed by atoms with Crippen LogP contribution in [0.3, 0.4) is 0 Å². The summed E-state index contributed by atoms with van der Waals surface area (Å²) in [5.41, 5.74) is 1.36. The van der Waals surface area contributed by atoms with Crippen LogP contribution in [-0.2, 0) is 12.8 Å². The lowest BCUT2D eigenvalue weighted by Crippen LogP contribution is -2.48. The third-order valence-corrected chi connectivity index (χ3v) is 5.08. The van der Waals surface area contributed by atoms with Gasteiger partial charge in [-0.05, 0) is 31.7 Å². The van der Waals surface area contributed by atoms with Crippen molar-refractivity contribution in [3.05, 3.63) is 29.0 Å². The molecule has 0 aromatic carbocycles. The number of hydrogen-bond donors (Lipinski definition) is 0. The second-order valence-electron chi connectivity index (χ2n) is 5.12. The zero-order chi connectivity index (χ0) is 11.9. The second kappa shape index (κ2) is 4.09. The third-order valence-electron chi connectivity index (χ3n) is 3.87. The summed E-state index contributed by atoms with van der Waals surface area (Å²) in [5.74, 6) is 0. The SMILES string of the molecule is c1cnn(C2CN(c3nc4c(s3)CCCC4)C2)c1. The molecule has 4 rings (SSSR count). The molecule has 0 amide bonds. The summed E-state index contributed by atoms with van der Waals surface area (Å²) in [6.07, 6.45) is 8.97. The predicted molar refractivity (Wildman–Crippen MR) is 72.2 cm³/mol. The summed E-state index contributed by atoms with van der Waals surface area (Å²) in [6, 6.07) is 2.52. The molecule has 2 aromatic rings. The Morgan fingerprint density at radius 2 is 2.11 bits per heavy atom. The molecule has 0 spiro atoms. The van der Waals surface area contributed by atoms with Crippen LogP contribution in [0.1, 0.15) is 29.5 Å². The molecule has 0 bridgehead atoms. The Hall–Kier alpha value is -1.36. The Morgan fingerprint density at radius 1 is 1.22 bits per heavy atom. The van der Waals surface area contributed by atoms with Gasteiger partial charge in [-0.1, -0.05) is 0 Å². The van der Waals surface area contributed by atoms with E-state index in [1.54, 1.807) is 0 Å². The van der Waals surface area contributed by atoms with Gasteiger partial charge in [0.2, 0.25) is 0 Å². The summed E-state index contributed by atoms with van der Waals surface area (Å²) < 4.78 is 2.06. The largest absolute Gasteiger partial charge is 0.344 e. The molecule has 3 heterocycles. The van der Waals surface area contributed by atoms with Gasteiger partial charge >= 0.3 is 0 Å². The third kappa shape index (κ3) is 1.65. The van der Waals surface area contributed by atoms with Gasteiger partial charge in [0.25, 0.3) is 0 Å². The van der Waals surface area contributed by atoms with Crippen molar-refractivity contribution in [3.8, 4) is 0 Å². The lowest BCUT2D eigenvalue weighted by molar-refractivity contribution is 0.367. The fourth-order valence-electron chi connectivity index (χ4n) is 2.75. The molecule has 2 aliphatic rings. The van der Waals surface area contributed by atoms with Crippen molar-refractivity contribution in [3.63, 3.8) is 0 Å². The quantitative estimate of drug-likeness (QED) is 0.830. The summed E-state index contributed by atoms with van der Waals surface area (Å²) in [6.45, 7) is 2.10. The minimum absolute atomic E-state index is 0.529. The molecule has 0 unspecified atom stereocenters. The van der Waals surface area contributed by atoms with Crippen LogP contribution in [0.4, 0.5) is 5.13 Å². The van der Waals surface area contributed by atoms with Gasteiger partial charge in [0.05, 0.1) is 11.7 Å². The predicted octanol–water partition coefficient (Wildman–Crippen LogP) is 2.28. The number of aryl methyl sites for hydroxylation is 2. The molecule has 94 valence electrons. The molecule has 4 nitrogen and oxygen atoms in total. The normalized spacial score (nSPS) is 19.7. The molecular weight excluding hydrogens is 244 g/mol. The summed E-state index contributed by atoms with van der Waals surface area (Å²) in [7, 11) is 0. The average molecular weight is 260 g/mol. The van der Waals surface area contributed by atoms with Gasteiger partial charge in [-0.3, -0.25) is 4.68 Å². The zero-order valence-electron chi connectivity index (χ0n) is 10.2. The van der Waals surface area contributed by atoms with E-state index in [1.807, 2.05) is 23.6 Å². The van der Waals surface area contributed by atoms with E-state index in [9.17, 15) is 0 Å². The van der Waals surface area contributed by atoms with Crippen molar-refractivity contribution in [2.45, 2.75) is 31.7 Å². The number of hydrogen-bond acceptors (Lipinski definition) is 4. The molecule has 1 saturated heterocycles. The Labute approximate surface area is 110 Å². The summed E-state index contributed by atoms with van der Waals surface area (Å²) >= 11 is 1.90. The van der Waals surface area contributed by atoms with E-state index in [-0.39, 0.29) is 0 Å². The Bertz CT molecular complexity index is 516. The molecule has 1 aliphatic heterocycles. The first-order valence-corrected chi connectivity index (χ1v) is 7.44. The molecule has 18 heavy (non-hydrogen) atoms. The topological polar surface area (TPSA) is 34.0 Å². The van der Waals surface area contributed by atoms with Crippen molar-refractivity contribution >= 4 is 16.5 Å². The minimum Gasteiger partial charge on any atom is -0.344 e. The second-order valence-corrected chi connectivity index (χ2v) is 6.18. The van der Waals surface area contributed by atoms with Crippen LogP contribution in [0.25, 0.3) is 0 Å². The summed E-state index contributed by atoms with van der Waals surface area (Å²) in [5, 5.41) is 5.53. The maximum atomic E-state index is 4.80. The molecule has 2 aromatic heterocycles. The van der Waals surface area contributed by atoms with E-state index in [0.717, 1.165) is 13.1 Å². The van der Waals surface area contributed by atoms with E-state index >= 15 is 0 Å². The highest BCUT2D eigenvalue weighted by Crippen LogP contribution is 2.35. The van der Waals surface area contributed by atoms with Crippen LogP contribution in [-0.4, -0.2) is 27.9 Å². The average Bonchev–Trinajstić information content (AvgIpc) is 2.94. The van der Waals surface area contributed by atoms with E-state index < -0.39 is 0 Å². The number of fused-ring (bicyclic) bond motifs is 1. The van der Waals surface area contributed by atoms with E-state index in [1.165, 1.54) is 41.4 Å². The van der Waals surface area contributed by atoms with Gasteiger partial charge in [-0.15, -0.1) is 11.3 Å². The van der Waals surface area contributed by atoms with Crippen molar-refractivity contribution < 1.29 is 0 Å². The molecular formula is C13H16N4S. The smallest absolute Gasteiger partial charge is 0.185 e. The highest BCUT2D eigenvalue weighted by Gasteiger charge is 2.31. The standard InChI is InChI=1S/C13H16N4S/c1-2-5-12-11(4-1)15-13(18-12)16-8-10(9-16)17-7-3-6-14-17/h3,6-7,10H,1-2,4-5,8-9H2. The van der Waals surface area contributed by atoms with Gasteiger partial charge in [-0.2, -0.15) is 5.10 Å². The molecule has 1 aliphatic carbocycles. The fraction of sp³-hybridized carbons (Fsp3) is 0.538. The highest BCUT2D eigenvalue weighted by molar-refractivity contribution is 7.15. The first kappa shape index (κ1) is 10.6. The minimum atomic E-state index is 0.529. The van der Waals surface area contributed by atoms with E-state index in [4.69, 9.17) is 4.98 Å². The van der Waals surface area contributed by atoms with Gasteiger partial charge in [0.1, 0.15) is 0 Å². The van der Waals surface area contributed by atoms with Crippen LogP contribution >= 0.6 is 11.3 Å². The van der Waals surface area contributed by atoms with Crippen LogP contribution < -0.4 is 4.90 Å². The number of anilines is 1. The van der Waals surface area contributed by atoms with Gasteiger partial charge in [-0.25, -0.2) is 4.98 Å². The molecule has 0 saturated carbocycles. The molecule has 0 N–H and O–H groups in total. The van der Waals surface area contributed by atoms with Gasteiger partial charge in [0, 0.05) is 30.4 Å². The lowest BCUT2D eigenvalue weighted by atomic mass is 10.0. The monoisotopic (exact) mass is 260 g/mol. The van der Waals surface area contributed by atoms with Crippen molar-refractivity contribution in [2.24, 2.45) is 0 Å². The lowest BCUT2D eigenvalue weighted by Gasteiger charge is -2.39. The van der Waals surface area contributed by atoms with Crippen molar-refractivity contribution in [2.75, 3.05) is 18.0 Å². The number of rotatable bonds is 2. The maximum Gasteiger partial charge on any atom is 0.185 e. The van der Waals surface area contributed by atoms with Crippen molar-refractivity contribution in [1.82, 2.24) is 14.8 Å². The van der Waals surface area contributed by atoms with Crippen LogP contribution in [0.2, 0.25) is 0 Å². The Balaban J connectivity index is 1.48. The van der Waals surface area contributed by atoms with E-state index in [0.29, 0.717) is 6.04 Å². The molecule has 1 fully saturated rings. The molecule has 5 heteroatoms. The van der Waals surface area contributed by atoms with Crippen LogP contribution in [0, 0.1) is 0 Å². The number of nitrogens with zero attached hydrogens (tertiary/aromatic N) is 4. The van der Waals surface area contributed by atoms with Crippen LogP contribution in [0.15, 0.2) is 18.5 Å². The molecule has 0 radical (unpaired) electrons. The van der Waals surface area contributed by atoms with E-state index in [2.05, 4.69) is 20.9 Å². The van der Waals surface area contributed by atoms with Crippen molar-refractivity contribution in [1.29, 1.82) is 0 Å². The van der Waals surface area contributed by atoms with Gasteiger partial charge < -0.3 is 4.90 Å². The zero-order valence-corrected chi connectivity index (χ0v) is 11.1. The fourth-order valence-corrected chi connectivity index (χ4v) is 3.92. The highest BCUT2D eigenvalue weighted by atomic mass is 32.1. The Kier molecular flexibility index (Phi) is 2.40.